The number of hydrogen-bond acceptors (Lipinski definition) is 1. The molecule has 1 fully saturated rings. The zero-order valence-electron chi connectivity index (χ0n) is 11.5. The van der Waals surface area contributed by atoms with Gasteiger partial charge in [0.25, 0.3) is 0 Å². The van der Waals surface area contributed by atoms with Crippen molar-refractivity contribution in [2.75, 3.05) is 5.88 Å². The number of rotatable bonds is 4. The van der Waals surface area contributed by atoms with Gasteiger partial charge in [0.05, 0.1) is 5.54 Å². The third kappa shape index (κ3) is 3.50. The van der Waals surface area contributed by atoms with E-state index in [4.69, 9.17) is 11.6 Å². The van der Waals surface area contributed by atoms with Crippen LogP contribution in [0.4, 0.5) is 0 Å². The lowest BCUT2D eigenvalue weighted by Crippen LogP contribution is -2.47. The van der Waals surface area contributed by atoms with Gasteiger partial charge in [0.1, 0.15) is 0 Å². The Hall–Kier alpha value is -1.02. The van der Waals surface area contributed by atoms with Gasteiger partial charge < -0.3 is 5.32 Å². The predicted octanol–water partition coefficient (Wildman–Crippen LogP) is 3.84. The molecule has 1 aromatic rings. The number of alkyl halides is 1. The molecule has 2 nitrogen and oxygen atoms in total. The van der Waals surface area contributed by atoms with Crippen LogP contribution in [0, 0.1) is 5.92 Å². The van der Waals surface area contributed by atoms with E-state index in [-0.39, 0.29) is 11.8 Å². The minimum absolute atomic E-state index is 0.159. The monoisotopic (exact) mass is 279 g/mol. The maximum atomic E-state index is 12.4. The zero-order chi connectivity index (χ0) is 13.7. The van der Waals surface area contributed by atoms with Crippen LogP contribution in [0.1, 0.15) is 44.6 Å². The molecule has 0 aliphatic heterocycles. The first-order valence-corrected chi connectivity index (χ1v) is 7.63. The van der Waals surface area contributed by atoms with E-state index in [1.54, 1.807) is 0 Å². The molecule has 0 bridgehead atoms. The Morgan fingerprint density at radius 3 is 2.47 bits per heavy atom. The lowest BCUT2D eigenvalue weighted by Gasteiger charge is -2.32. The highest BCUT2D eigenvalue weighted by Crippen LogP contribution is 2.27. The summed E-state index contributed by atoms with van der Waals surface area (Å²) in [7, 11) is 0. The van der Waals surface area contributed by atoms with E-state index in [1.807, 2.05) is 37.3 Å². The summed E-state index contributed by atoms with van der Waals surface area (Å²) in [5.74, 6) is 0.710. The fourth-order valence-electron chi connectivity index (χ4n) is 2.73. The molecule has 0 saturated heterocycles. The number of hydrogen-bond donors (Lipinski definition) is 1. The van der Waals surface area contributed by atoms with E-state index in [2.05, 4.69) is 5.32 Å². The largest absolute Gasteiger partial charge is 0.345 e. The molecule has 3 heteroatoms. The highest BCUT2D eigenvalue weighted by atomic mass is 35.5. The molecule has 1 aliphatic carbocycles. The Kier molecular flexibility index (Phi) is 4.87. The van der Waals surface area contributed by atoms with Gasteiger partial charge in [-0.05, 0) is 25.3 Å². The summed E-state index contributed by atoms with van der Waals surface area (Å²) in [5.41, 5.74) is 0.589. The number of benzene rings is 1. The van der Waals surface area contributed by atoms with Crippen molar-refractivity contribution < 1.29 is 4.79 Å². The number of carbonyl (C=O) groups is 1. The third-order valence-corrected chi connectivity index (χ3v) is 4.59. The second kappa shape index (κ2) is 6.42. The van der Waals surface area contributed by atoms with Crippen molar-refractivity contribution in [1.82, 2.24) is 5.32 Å². The number of nitrogens with one attached hydrogen (secondary N) is 1. The summed E-state index contributed by atoms with van der Waals surface area (Å²) in [6.07, 6.45) is 5.62. The Morgan fingerprint density at radius 2 is 1.89 bits per heavy atom. The molecule has 1 aromatic carbocycles. The van der Waals surface area contributed by atoms with Crippen molar-refractivity contribution in [2.45, 2.75) is 44.6 Å². The van der Waals surface area contributed by atoms with Gasteiger partial charge in [-0.1, -0.05) is 49.6 Å². The van der Waals surface area contributed by atoms with E-state index >= 15 is 0 Å². The summed E-state index contributed by atoms with van der Waals surface area (Å²) >= 11 is 6.11. The molecule has 0 spiro atoms. The first-order chi connectivity index (χ1) is 9.15. The molecule has 0 radical (unpaired) electrons. The molecule has 104 valence electrons. The summed E-state index contributed by atoms with van der Waals surface area (Å²) in [6, 6.07) is 9.97. The molecule has 1 unspecified atom stereocenters. The minimum atomic E-state index is -0.475. The van der Waals surface area contributed by atoms with Gasteiger partial charge in [-0.25, -0.2) is 0 Å². The van der Waals surface area contributed by atoms with Crippen molar-refractivity contribution in [2.24, 2.45) is 5.92 Å². The van der Waals surface area contributed by atoms with Gasteiger partial charge in [-0.3, -0.25) is 4.79 Å². The molecule has 1 amide bonds. The average Bonchev–Trinajstić information content (AvgIpc) is 2.49. The maximum Gasteiger partial charge on any atom is 0.223 e. The van der Waals surface area contributed by atoms with E-state index in [9.17, 15) is 4.79 Å². The van der Waals surface area contributed by atoms with Gasteiger partial charge in [0.2, 0.25) is 5.91 Å². The summed E-state index contributed by atoms with van der Waals surface area (Å²) < 4.78 is 0. The lowest BCUT2D eigenvalue weighted by atomic mass is 9.87. The summed E-state index contributed by atoms with van der Waals surface area (Å²) in [6.45, 7) is 2.00. The van der Waals surface area contributed by atoms with Crippen LogP contribution in [0.25, 0.3) is 0 Å². The maximum absolute atomic E-state index is 12.4. The highest BCUT2D eigenvalue weighted by molar-refractivity contribution is 6.18. The summed E-state index contributed by atoms with van der Waals surface area (Å²) in [4.78, 5) is 12.4. The van der Waals surface area contributed by atoms with E-state index in [0.717, 1.165) is 18.4 Å². The fourth-order valence-corrected chi connectivity index (χ4v) is 2.95. The van der Waals surface area contributed by atoms with E-state index in [0.29, 0.717) is 5.88 Å². The molecule has 0 heterocycles. The van der Waals surface area contributed by atoms with Crippen LogP contribution < -0.4 is 5.32 Å². The normalized spacial score (nSPS) is 19.7. The molecule has 1 atom stereocenters. The second-order valence-corrected chi connectivity index (χ2v) is 5.92. The first kappa shape index (κ1) is 14.4. The molecule has 1 saturated carbocycles. The Balaban J connectivity index is 2.07. The number of amides is 1. The standard InChI is InChI=1S/C16H22ClNO/c1-16(12-17,14-10-6-3-7-11-14)18-15(19)13-8-4-2-5-9-13/h3,6-7,10-11,13H,2,4-5,8-9,12H2,1H3,(H,18,19). The fraction of sp³-hybridized carbons (Fsp3) is 0.562. The number of carbonyl (C=O) groups excluding carboxylic acids is 1. The van der Waals surface area contributed by atoms with Crippen LogP contribution in [0.5, 0.6) is 0 Å². The third-order valence-electron chi connectivity index (χ3n) is 4.05. The highest BCUT2D eigenvalue weighted by Gasteiger charge is 2.31. The lowest BCUT2D eigenvalue weighted by molar-refractivity contribution is -0.127. The predicted molar refractivity (Wildman–Crippen MR) is 79.2 cm³/mol. The Labute approximate surface area is 120 Å². The van der Waals surface area contributed by atoms with Crippen molar-refractivity contribution in [3.8, 4) is 0 Å². The van der Waals surface area contributed by atoms with Crippen LogP contribution in [0.2, 0.25) is 0 Å². The smallest absolute Gasteiger partial charge is 0.223 e. The average molecular weight is 280 g/mol. The van der Waals surface area contributed by atoms with Crippen molar-refractivity contribution in [1.29, 1.82) is 0 Å². The second-order valence-electron chi connectivity index (χ2n) is 5.66. The van der Waals surface area contributed by atoms with Crippen LogP contribution in [0.15, 0.2) is 30.3 Å². The van der Waals surface area contributed by atoms with E-state index in [1.165, 1.54) is 19.3 Å². The van der Waals surface area contributed by atoms with Gasteiger partial charge in [-0.2, -0.15) is 0 Å². The zero-order valence-corrected chi connectivity index (χ0v) is 12.2. The van der Waals surface area contributed by atoms with E-state index < -0.39 is 5.54 Å². The molecule has 2 rings (SSSR count). The van der Waals surface area contributed by atoms with Crippen molar-refractivity contribution in [3.05, 3.63) is 35.9 Å². The van der Waals surface area contributed by atoms with Crippen LogP contribution >= 0.6 is 11.6 Å². The van der Waals surface area contributed by atoms with Crippen molar-refractivity contribution >= 4 is 17.5 Å². The van der Waals surface area contributed by atoms with Crippen molar-refractivity contribution in [3.63, 3.8) is 0 Å². The van der Waals surface area contributed by atoms with Crippen LogP contribution in [-0.4, -0.2) is 11.8 Å². The molecule has 19 heavy (non-hydrogen) atoms. The van der Waals surface area contributed by atoms with Gasteiger partial charge in [-0.15, -0.1) is 11.6 Å². The minimum Gasteiger partial charge on any atom is -0.345 e. The molecule has 0 aromatic heterocycles. The molecule has 1 N–H and O–H groups in total. The SMILES string of the molecule is CC(CCl)(NC(=O)C1CCCCC1)c1ccccc1. The number of halogens is 1. The Bertz CT molecular complexity index is 414. The summed E-state index contributed by atoms with van der Waals surface area (Å²) in [5, 5.41) is 3.16. The van der Waals surface area contributed by atoms with Gasteiger partial charge >= 0.3 is 0 Å². The van der Waals surface area contributed by atoms with Crippen LogP contribution in [0.3, 0.4) is 0 Å². The first-order valence-electron chi connectivity index (χ1n) is 7.09. The topological polar surface area (TPSA) is 29.1 Å². The van der Waals surface area contributed by atoms with Gasteiger partial charge in [0.15, 0.2) is 0 Å². The van der Waals surface area contributed by atoms with Crippen LogP contribution in [-0.2, 0) is 10.3 Å². The molecule has 1 aliphatic rings. The quantitative estimate of drug-likeness (QED) is 0.834. The Morgan fingerprint density at radius 1 is 1.26 bits per heavy atom. The van der Waals surface area contributed by atoms with Gasteiger partial charge in [0, 0.05) is 11.8 Å². The molecular formula is C16H22ClNO. The molecular weight excluding hydrogens is 258 g/mol.